The number of hydrogen-bond donors (Lipinski definition) is 1. The zero-order valence-electron chi connectivity index (χ0n) is 21.5. The van der Waals surface area contributed by atoms with Crippen molar-refractivity contribution in [3.8, 4) is 0 Å². The SMILES string of the molecule is CC(C)(C)[Si](C)(C)O[C@@H](/C=C\COCc1ccccc1)[C@H](CO)O[Si](C)(C)C(C)(C)C. The highest BCUT2D eigenvalue weighted by molar-refractivity contribution is 6.74. The maximum atomic E-state index is 10.2. The topological polar surface area (TPSA) is 47.9 Å². The Kier molecular flexibility index (Phi) is 10.4. The fourth-order valence-corrected chi connectivity index (χ4v) is 5.11. The molecule has 178 valence electrons. The van der Waals surface area contributed by atoms with Crippen LogP contribution in [0.5, 0.6) is 0 Å². The van der Waals surface area contributed by atoms with Crippen LogP contribution in [0.4, 0.5) is 0 Å². The first kappa shape index (κ1) is 28.3. The van der Waals surface area contributed by atoms with Gasteiger partial charge in [-0.05, 0) is 41.8 Å². The lowest BCUT2D eigenvalue weighted by Crippen LogP contribution is -2.52. The normalized spacial score (nSPS) is 16.0. The Morgan fingerprint density at radius 2 is 1.39 bits per heavy atom. The summed E-state index contributed by atoms with van der Waals surface area (Å²) >= 11 is 0. The fraction of sp³-hybridized carbons (Fsp3) is 0.680. The Morgan fingerprint density at radius 1 is 0.871 bits per heavy atom. The average molecular weight is 467 g/mol. The molecule has 2 atom stereocenters. The molecule has 0 fully saturated rings. The van der Waals surface area contributed by atoms with E-state index in [-0.39, 0.29) is 28.9 Å². The number of aliphatic hydroxyl groups excluding tert-OH is 1. The van der Waals surface area contributed by atoms with Gasteiger partial charge in [0, 0.05) is 0 Å². The molecular weight excluding hydrogens is 420 g/mol. The molecule has 0 saturated heterocycles. The first-order valence-electron chi connectivity index (χ1n) is 11.4. The lowest BCUT2D eigenvalue weighted by atomic mass is 10.2. The Hall–Kier alpha value is -0.766. The highest BCUT2D eigenvalue weighted by Gasteiger charge is 2.44. The summed E-state index contributed by atoms with van der Waals surface area (Å²) in [6.07, 6.45) is 3.33. The Balaban J connectivity index is 2.95. The Bertz CT molecular complexity index is 673. The van der Waals surface area contributed by atoms with E-state index < -0.39 is 16.6 Å². The van der Waals surface area contributed by atoms with Crippen molar-refractivity contribution in [2.24, 2.45) is 0 Å². The summed E-state index contributed by atoms with van der Waals surface area (Å²) in [5.41, 5.74) is 1.15. The lowest BCUT2D eigenvalue weighted by molar-refractivity contribution is 0.0226. The summed E-state index contributed by atoms with van der Waals surface area (Å²) in [4.78, 5) is 0. The predicted molar refractivity (Wildman–Crippen MR) is 136 cm³/mol. The summed E-state index contributed by atoms with van der Waals surface area (Å²) in [7, 11) is -4.12. The molecule has 1 rings (SSSR count). The fourth-order valence-electron chi connectivity index (χ4n) is 2.53. The third kappa shape index (κ3) is 8.94. The molecule has 0 aliphatic rings. The summed E-state index contributed by atoms with van der Waals surface area (Å²) in [6, 6.07) is 10.1. The number of aliphatic hydroxyl groups is 1. The third-order valence-electron chi connectivity index (χ3n) is 6.69. The van der Waals surface area contributed by atoms with Crippen molar-refractivity contribution in [2.75, 3.05) is 13.2 Å². The van der Waals surface area contributed by atoms with Gasteiger partial charge in [0.25, 0.3) is 0 Å². The van der Waals surface area contributed by atoms with Gasteiger partial charge in [-0.15, -0.1) is 0 Å². The zero-order chi connectivity index (χ0) is 23.9. The van der Waals surface area contributed by atoms with E-state index in [9.17, 15) is 5.11 Å². The van der Waals surface area contributed by atoms with Gasteiger partial charge in [-0.2, -0.15) is 0 Å². The molecule has 0 bridgehead atoms. The van der Waals surface area contributed by atoms with E-state index >= 15 is 0 Å². The van der Waals surface area contributed by atoms with Crippen LogP contribution in [0, 0.1) is 0 Å². The summed E-state index contributed by atoms with van der Waals surface area (Å²) in [5, 5.41) is 10.4. The Labute approximate surface area is 193 Å². The Morgan fingerprint density at radius 3 is 1.87 bits per heavy atom. The van der Waals surface area contributed by atoms with Crippen molar-refractivity contribution >= 4 is 16.6 Å². The minimum Gasteiger partial charge on any atom is -0.409 e. The number of benzene rings is 1. The van der Waals surface area contributed by atoms with E-state index in [4.69, 9.17) is 13.6 Å². The van der Waals surface area contributed by atoms with Crippen molar-refractivity contribution in [3.63, 3.8) is 0 Å². The second-order valence-corrected chi connectivity index (χ2v) is 20.9. The molecule has 0 radical (unpaired) electrons. The molecule has 4 nitrogen and oxygen atoms in total. The van der Waals surface area contributed by atoms with Crippen molar-refractivity contribution in [1.82, 2.24) is 0 Å². The molecule has 0 aromatic heterocycles. The monoisotopic (exact) mass is 466 g/mol. The molecule has 1 N–H and O–H groups in total. The summed E-state index contributed by atoms with van der Waals surface area (Å²) < 4.78 is 19.1. The van der Waals surface area contributed by atoms with Crippen LogP contribution in [0.1, 0.15) is 47.1 Å². The van der Waals surface area contributed by atoms with Crippen LogP contribution in [0.2, 0.25) is 36.3 Å². The molecule has 31 heavy (non-hydrogen) atoms. The zero-order valence-corrected chi connectivity index (χ0v) is 23.5. The van der Waals surface area contributed by atoms with Gasteiger partial charge in [-0.1, -0.05) is 84.0 Å². The van der Waals surface area contributed by atoms with E-state index in [1.165, 1.54) is 0 Å². The molecule has 0 amide bonds. The minimum absolute atomic E-state index is 0.0600. The quantitative estimate of drug-likeness (QED) is 0.229. The molecular formula is C25H46O4Si2. The molecule has 1 aromatic carbocycles. The van der Waals surface area contributed by atoms with Gasteiger partial charge in [0.05, 0.1) is 32.0 Å². The first-order chi connectivity index (χ1) is 14.1. The van der Waals surface area contributed by atoms with Crippen LogP contribution < -0.4 is 0 Å². The maximum absolute atomic E-state index is 10.2. The highest BCUT2D eigenvalue weighted by atomic mass is 28.4. The molecule has 0 saturated carbocycles. The molecule has 0 unspecified atom stereocenters. The van der Waals surface area contributed by atoms with Gasteiger partial charge in [0.15, 0.2) is 16.6 Å². The van der Waals surface area contributed by atoms with Crippen molar-refractivity contribution in [3.05, 3.63) is 48.0 Å². The molecule has 0 aliphatic carbocycles. The third-order valence-corrected chi connectivity index (χ3v) is 15.7. The maximum Gasteiger partial charge on any atom is 0.193 e. The minimum atomic E-state index is -2.06. The van der Waals surface area contributed by atoms with Crippen molar-refractivity contribution in [2.45, 2.75) is 96.6 Å². The lowest BCUT2D eigenvalue weighted by Gasteiger charge is -2.44. The largest absolute Gasteiger partial charge is 0.409 e. The molecule has 0 spiro atoms. The number of rotatable bonds is 11. The van der Waals surface area contributed by atoms with Crippen LogP contribution in [0.3, 0.4) is 0 Å². The molecule has 1 aromatic rings. The first-order valence-corrected chi connectivity index (χ1v) is 17.2. The van der Waals surface area contributed by atoms with Crippen molar-refractivity contribution < 1.29 is 18.7 Å². The van der Waals surface area contributed by atoms with Gasteiger partial charge in [0.1, 0.15) is 0 Å². The van der Waals surface area contributed by atoms with E-state index in [1.54, 1.807) is 0 Å². The highest BCUT2D eigenvalue weighted by Crippen LogP contribution is 2.40. The van der Waals surface area contributed by atoms with Gasteiger partial charge in [0.2, 0.25) is 0 Å². The second-order valence-electron chi connectivity index (χ2n) is 11.4. The average Bonchev–Trinajstić information content (AvgIpc) is 2.64. The van der Waals surface area contributed by atoms with Gasteiger partial charge < -0.3 is 18.7 Å². The van der Waals surface area contributed by atoms with Crippen LogP contribution in [0.15, 0.2) is 42.5 Å². The van der Waals surface area contributed by atoms with Crippen LogP contribution >= 0.6 is 0 Å². The molecule has 0 heterocycles. The van der Waals surface area contributed by atoms with E-state index in [0.29, 0.717) is 13.2 Å². The summed E-state index contributed by atoms with van der Waals surface area (Å²) in [6.45, 7) is 23.2. The van der Waals surface area contributed by atoms with Gasteiger partial charge >= 0.3 is 0 Å². The smallest absolute Gasteiger partial charge is 0.193 e. The molecule has 0 aliphatic heterocycles. The van der Waals surface area contributed by atoms with Gasteiger partial charge in [-0.3, -0.25) is 0 Å². The van der Waals surface area contributed by atoms with Gasteiger partial charge in [-0.25, -0.2) is 0 Å². The van der Waals surface area contributed by atoms with Crippen LogP contribution in [-0.2, 0) is 20.2 Å². The van der Waals surface area contributed by atoms with Crippen LogP contribution in [-0.4, -0.2) is 47.2 Å². The van der Waals surface area contributed by atoms with E-state index in [2.05, 4.69) is 79.9 Å². The summed E-state index contributed by atoms with van der Waals surface area (Å²) in [5.74, 6) is 0. The van der Waals surface area contributed by atoms with E-state index in [1.807, 2.05) is 30.4 Å². The number of ether oxygens (including phenoxy) is 1. The van der Waals surface area contributed by atoms with E-state index in [0.717, 1.165) is 5.56 Å². The van der Waals surface area contributed by atoms with Crippen LogP contribution in [0.25, 0.3) is 0 Å². The standard InChI is InChI=1S/C25H46O4Si2/c1-24(2,3)30(7,8)28-22(23(19-26)29-31(9,10)25(4,5)6)17-14-18-27-20-21-15-12-11-13-16-21/h11-17,22-23,26H,18-20H2,1-10H3/b17-14-/t22-,23-/m0/s1. The van der Waals surface area contributed by atoms with Crippen molar-refractivity contribution in [1.29, 1.82) is 0 Å². The molecule has 6 heteroatoms. The predicted octanol–water partition coefficient (Wildman–Crippen LogP) is 6.53. The second kappa shape index (κ2) is 11.4. The number of hydrogen-bond acceptors (Lipinski definition) is 4.